The minimum Gasteiger partial charge on any atom is -0.501 e. The molecule has 1 unspecified atom stereocenters. The van der Waals surface area contributed by atoms with Crippen LogP contribution in [-0.4, -0.2) is 21.1 Å². The molecule has 0 aromatic rings. The molecule has 1 aliphatic heterocycles. The van der Waals surface area contributed by atoms with E-state index in [-0.39, 0.29) is 0 Å². The lowest BCUT2D eigenvalue weighted by molar-refractivity contribution is 0.279. The topological polar surface area (TPSA) is 9.23 Å². The predicted octanol–water partition coefficient (Wildman–Crippen LogP) is 4.00. The van der Waals surface area contributed by atoms with Gasteiger partial charge in [0.1, 0.15) is 0 Å². The van der Waals surface area contributed by atoms with E-state index in [1.807, 2.05) is 0 Å². The molecule has 1 nitrogen and oxygen atoms in total. The Balaban J connectivity index is 2.16. The second-order valence-electron chi connectivity index (χ2n) is 4.64. The maximum absolute atomic E-state index is 5.93. The van der Waals surface area contributed by atoms with Gasteiger partial charge in [-0.2, -0.15) is 0 Å². The van der Waals surface area contributed by atoms with Crippen molar-refractivity contribution < 1.29 is 3.79 Å². The molecule has 0 amide bonds. The van der Waals surface area contributed by atoms with Gasteiger partial charge in [0.2, 0.25) is 0 Å². The zero-order valence-electron chi connectivity index (χ0n) is 9.93. The van der Waals surface area contributed by atoms with Crippen LogP contribution in [0.25, 0.3) is 0 Å². The Morgan fingerprint density at radius 3 is 2.71 bits per heavy atom. The van der Waals surface area contributed by atoms with Crippen molar-refractivity contribution in [2.45, 2.75) is 62.9 Å². The van der Waals surface area contributed by atoms with Crippen LogP contribution in [0.1, 0.15) is 52.4 Å². The highest BCUT2D eigenvalue weighted by molar-refractivity contribution is 6.52. The summed E-state index contributed by atoms with van der Waals surface area (Å²) in [7, 11) is 0. The lowest BCUT2D eigenvalue weighted by Crippen LogP contribution is -2.25. The lowest BCUT2D eigenvalue weighted by Gasteiger charge is -2.22. The van der Waals surface area contributed by atoms with Crippen LogP contribution in [0.2, 0.25) is 10.6 Å². The number of unbranched alkanes of at least 4 members (excludes halogenated alkanes) is 1. The molecule has 0 spiro atoms. The molecule has 1 atom stereocenters. The van der Waals surface area contributed by atoms with Crippen LogP contribution in [0.3, 0.4) is 0 Å². The molecule has 2 heteroatoms. The first-order chi connectivity index (χ1) is 6.86. The minimum atomic E-state index is -0.744. The highest BCUT2D eigenvalue weighted by atomic mass is 27.2. The number of rotatable bonds is 6. The van der Waals surface area contributed by atoms with Crippen LogP contribution in [0.4, 0.5) is 0 Å². The van der Waals surface area contributed by atoms with Gasteiger partial charge in [0.05, 0.1) is 0 Å². The Morgan fingerprint density at radius 2 is 2.14 bits per heavy atom. The summed E-state index contributed by atoms with van der Waals surface area (Å²) < 4.78 is 5.93. The largest absolute Gasteiger partial charge is 0.501 e. The Kier molecular flexibility index (Phi) is 6.95. The molecule has 14 heavy (non-hydrogen) atoms. The summed E-state index contributed by atoms with van der Waals surface area (Å²) in [5.74, 6) is 0.977. The molecule has 0 aromatic carbocycles. The van der Waals surface area contributed by atoms with Crippen LogP contribution in [-0.2, 0) is 3.79 Å². The van der Waals surface area contributed by atoms with Crippen molar-refractivity contribution in [3.63, 3.8) is 0 Å². The van der Waals surface area contributed by atoms with Crippen molar-refractivity contribution in [2.24, 2.45) is 5.92 Å². The molecule has 0 saturated carbocycles. The summed E-state index contributed by atoms with van der Waals surface area (Å²) in [4.78, 5) is 0. The fraction of sp³-hybridized carbons (Fsp3) is 1.00. The summed E-state index contributed by atoms with van der Waals surface area (Å²) >= 11 is -0.744. The Bertz CT molecular complexity index is 132. The van der Waals surface area contributed by atoms with E-state index in [4.69, 9.17) is 3.79 Å². The van der Waals surface area contributed by atoms with E-state index in [1.165, 1.54) is 49.1 Å². The third-order valence-corrected chi connectivity index (χ3v) is 6.37. The second-order valence-corrected chi connectivity index (χ2v) is 7.27. The molecule has 0 radical (unpaired) electrons. The van der Waals surface area contributed by atoms with Crippen molar-refractivity contribution in [1.82, 2.24) is 0 Å². The highest BCUT2D eigenvalue weighted by Crippen LogP contribution is 2.24. The van der Waals surface area contributed by atoms with Gasteiger partial charge >= 0.3 is 14.5 Å². The van der Waals surface area contributed by atoms with Crippen LogP contribution < -0.4 is 0 Å². The summed E-state index contributed by atoms with van der Waals surface area (Å²) in [5.41, 5.74) is 0. The van der Waals surface area contributed by atoms with E-state index in [9.17, 15) is 0 Å². The van der Waals surface area contributed by atoms with Gasteiger partial charge in [-0.1, -0.05) is 62.4 Å². The van der Waals surface area contributed by atoms with Gasteiger partial charge in [0.25, 0.3) is 0 Å². The smallest absolute Gasteiger partial charge is 0.461 e. The van der Waals surface area contributed by atoms with E-state index in [0.29, 0.717) is 0 Å². The third-order valence-electron chi connectivity index (χ3n) is 3.41. The summed E-state index contributed by atoms with van der Waals surface area (Å²) in [6.07, 6.45) is 8.34. The highest BCUT2D eigenvalue weighted by Gasteiger charge is 2.26. The summed E-state index contributed by atoms with van der Waals surface area (Å²) in [6.45, 7) is 5.71. The first kappa shape index (κ1) is 12.6. The molecule has 0 aromatic heterocycles. The van der Waals surface area contributed by atoms with Gasteiger partial charge in [-0.3, -0.25) is 0 Å². The van der Waals surface area contributed by atoms with Crippen molar-refractivity contribution >= 4 is 14.5 Å². The van der Waals surface area contributed by atoms with Crippen molar-refractivity contribution in [2.75, 3.05) is 6.61 Å². The van der Waals surface area contributed by atoms with Gasteiger partial charge in [-0.15, -0.1) is 0 Å². The van der Waals surface area contributed by atoms with E-state index in [0.717, 1.165) is 12.5 Å². The van der Waals surface area contributed by atoms with E-state index >= 15 is 0 Å². The zero-order chi connectivity index (χ0) is 10.2. The fourth-order valence-corrected chi connectivity index (χ4v) is 5.44. The molecule has 0 N–H and O–H groups in total. The van der Waals surface area contributed by atoms with Gasteiger partial charge in [0.15, 0.2) is 0 Å². The Labute approximate surface area is 93.9 Å². The molecular weight excluding hydrogens is 187 g/mol. The van der Waals surface area contributed by atoms with Crippen molar-refractivity contribution in [3.05, 3.63) is 0 Å². The van der Waals surface area contributed by atoms with Crippen molar-refractivity contribution in [3.8, 4) is 0 Å². The zero-order valence-corrected chi connectivity index (χ0v) is 11.1. The monoisotopic (exact) mass is 212 g/mol. The third kappa shape index (κ3) is 4.82. The fourth-order valence-electron chi connectivity index (χ4n) is 2.35. The van der Waals surface area contributed by atoms with Crippen LogP contribution >= 0.6 is 0 Å². The Morgan fingerprint density at radius 1 is 1.29 bits per heavy atom. The quantitative estimate of drug-likeness (QED) is 0.604. The molecule has 1 rings (SSSR count). The summed E-state index contributed by atoms with van der Waals surface area (Å²) in [5, 5.41) is 2.90. The van der Waals surface area contributed by atoms with Gasteiger partial charge in [0, 0.05) is 6.61 Å². The first-order valence-electron chi connectivity index (χ1n) is 6.48. The van der Waals surface area contributed by atoms with Crippen LogP contribution in [0, 0.1) is 5.92 Å². The molecule has 1 heterocycles. The molecule has 0 aliphatic carbocycles. The standard InChI is InChI=1S/C8H17.C4H8O.Al/c1-4-6-7-8(3)5-2;1-2-3-4-5;/h8H,3-7H2,1-2H3;1-4H2;/q;-1;+1. The van der Waals surface area contributed by atoms with E-state index in [2.05, 4.69) is 13.8 Å². The minimum absolute atomic E-state index is 0.744. The van der Waals surface area contributed by atoms with Crippen LogP contribution in [0.15, 0.2) is 0 Å². The first-order valence-corrected chi connectivity index (χ1v) is 8.58. The normalized spacial score (nSPS) is 19.7. The molecule has 1 saturated heterocycles. The van der Waals surface area contributed by atoms with Gasteiger partial charge < -0.3 is 3.79 Å². The van der Waals surface area contributed by atoms with Crippen molar-refractivity contribution in [1.29, 1.82) is 0 Å². The predicted molar refractivity (Wildman–Crippen MR) is 63.9 cm³/mol. The average molecular weight is 212 g/mol. The second kappa shape index (κ2) is 7.74. The maximum Gasteiger partial charge on any atom is 0.461 e. The lowest BCUT2D eigenvalue weighted by atomic mass is 10.0. The van der Waals surface area contributed by atoms with Gasteiger partial charge in [-0.05, 0) is 6.42 Å². The number of hydrogen-bond donors (Lipinski definition) is 0. The van der Waals surface area contributed by atoms with E-state index in [1.54, 1.807) is 0 Å². The van der Waals surface area contributed by atoms with Gasteiger partial charge in [-0.25, -0.2) is 0 Å². The molecule has 1 aliphatic rings. The molecule has 1 fully saturated rings. The molecule has 82 valence electrons. The summed E-state index contributed by atoms with van der Waals surface area (Å²) in [6, 6.07) is 0. The molecule has 0 bridgehead atoms. The number of hydrogen-bond acceptors (Lipinski definition) is 1. The SMILES string of the molecule is CCCCC(CC)[CH2][Al]1[CH2]CCC[O]1. The average Bonchev–Trinajstić information content (AvgIpc) is 2.25. The van der Waals surface area contributed by atoms with E-state index < -0.39 is 14.5 Å². The van der Waals surface area contributed by atoms with Crippen LogP contribution in [0.5, 0.6) is 0 Å². The Hall–Kier alpha value is 0.492. The maximum atomic E-state index is 5.93. The molecular formula is C12H25AlO.